The number of aromatic amines is 1. The summed E-state index contributed by atoms with van der Waals surface area (Å²) in [5, 5.41) is 1.21. The number of carbonyl (C=O) groups excluding carboxylic acids is 2. The lowest BCUT2D eigenvalue weighted by Gasteiger charge is -2.50. The van der Waals surface area contributed by atoms with Gasteiger partial charge in [0.05, 0.1) is 19.8 Å². The Kier molecular flexibility index (Phi) is 7.66. The van der Waals surface area contributed by atoms with E-state index in [-0.39, 0.29) is 28.5 Å². The summed E-state index contributed by atoms with van der Waals surface area (Å²) in [4.78, 5) is 33.5. The highest BCUT2D eigenvalue weighted by atomic mass is 28.4. The van der Waals surface area contributed by atoms with Crippen LogP contribution < -0.4 is 4.74 Å². The molecule has 1 unspecified atom stereocenters. The van der Waals surface area contributed by atoms with Crippen LogP contribution in [0.3, 0.4) is 0 Å². The minimum atomic E-state index is -2.05. The van der Waals surface area contributed by atoms with Crippen molar-refractivity contribution >= 4 is 31.2 Å². The Balaban J connectivity index is 1.76. The van der Waals surface area contributed by atoms with Gasteiger partial charge in [-0.1, -0.05) is 20.8 Å². The predicted octanol–water partition coefficient (Wildman–Crippen LogP) is 6.37. The third kappa shape index (κ3) is 5.71. The zero-order chi connectivity index (χ0) is 29.0. The molecular formula is C30H47N3O5Si. The highest BCUT2D eigenvalue weighted by Gasteiger charge is 2.50. The van der Waals surface area contributed by atoms with Gasteiger partial charge in [-0.3, -0.25) is 4.79 Å². The van der Waals surface area contributed by atoms with Crippen LogP contribution in [0.15, 0.2) is 18.2 Å². The van der Waals surface area contributed by atoms with Crippen LogP contribution in [0.5, 0.6) is 5.75 Å². The zero-order valence-corrected chi connectivity index (χ0v) is 26.5. The largest absolute Gasteiger partial charge is 0.497 e. The monoisotopic (exact) mass is 557 g/mol. The molecule has 0 bridgehead atoms. The van der Waals surface area contributed by atoms with Gasteiger partial charge in [0.25, 0.3) is 0 Å². The van der Waals surface area contributed by atoms with Gasteiger partial charge in [-0.25, -0.2) is 4.79 Å². The lowest BCUT2D eigenvalue weighted by atomic mass is 9.68. The number of ether oxygens (including phenoxy) is 2. The number of likely N-dealkylation sites (tertiary alicyclic amines) is 1. The Morgan fingerprint density at radius 1 is 1.10 bits per heavy atom. The highest BCUT2D eigenvalue weighted by Crippen LogP contribution is 2.50. The standard InChI is InChI=1S/C30H47N3O5Si/c1-20(34)33-19-30(13-15-32(16-14-30)27(35)38-28(2,3)4)25-22-12-11-21(36-8)17-23(22)31-26(25)24(33)18-37-39(9,10)29(5,6)7/h11-12,17,24,31H,13-16,18-19H2,1-10H3. The van der Waals surface area contributed by atoms with E-state index in [1.807, 2.05) is 37.8 Å². The van der Waals surface area contributed by atoms with Crippen molar-refractivity contribution in [2.75, 3.05) is 33.4 Å². The average Bonchev–Trinajstić information content (AvgIpc) is 3.21. The molecule has 1 atom stereocenters. The second-order valence-corrected chi connectivity index (χ2v) is 18.6. The maximum atomic E-state index is 13.2. The summed E-state index contributed by atoms with van der Waals surface area (Å²) >= 11 is 0. The van der Waals surface area contributed by atoms with E-state index >= 15 is 0 Å². The average molecular weight is 558 g/mol. The van der Waals surface area contributed by atoms with E-state index in [9.17, 15) is 9.59 Å². The van der Waals surface area contributed by atoms with Gasteiger partial charge in [0.1, 0.15) is 11.4 Å². The van der Waals surface area contributed by atoms with Crippen molar-refractivity contribution in [2.45, 2.75) is 96.5 Å². The first-order valence-corrected chi connectivity index (χ1v) is 17.0. The maximum Gasteiger partial charge on any atom is 0.410 e. The lowest BCUT2D eigenvalue weighted by molar-refractivity contribution is -0.134. The Morgan fingerprint density at radius 3 is 2.28 bits per heavy atom. The molecule has 9 heteroatoms. The topological polar surface area (TPSA) is 84.1 Å². The molecule has 0 radical (unpaired) electrons. The second-order valence-electron chi connectivity index (χ2n) is 13.8. The molecule has 2 amide bonds. The van der Waals surface area contributed by atoms with Crippen molar-refractivity contribution in [3.63, 3.8) is 0 Å². The van der Waals surface area contributed by atoms with Crippen molar-refractivity contribution in [3.05, 3.63) is 29.5 Å². The molecule has 2 aliphatic rings. The first-order valence-electron chi connectivity index (χ1n) is 14.1. The number of hydrogen-bond donors (Lipinski definition) is 1. The first kappa shape index (κ1) is 29.5. The van der Waals surface area contributed by atoms with Crippen LogP contribution in [0.25, 0.3) is 10.9 Å². The molecule has 1 spiro atoms. The fourth-order valence-corrected chi connectivity index (χ4v) is 6.68. The molecular weight excluding hydrogens is 510 g/mol. The summed E-state index contributed by atoms with van der Waals surface area (Å²) in [7, 11) is -0.376. The third-order valence-corrected chi connectivity index (χ3v) is 13.4. The fraction of sp³-hybridized carbons (Fsp3) is 0.667. The second kappa shape index (κ2) is 10.1. The summed E-state index contributed by atoms with van der Waals surface area (Å²) in [6.45, 7) is 20.7. The quantitative estimate of drug-likeness (QED) is 0.442. The molecule has 1 saturated heterocycles. The number of amides is 2. The van der Waals surface area contributed by atoms with Gasteiger partial charge in [0, 0.05) is 54.6 Å². The van der Waals surface area contributed by atoms with Crippen LogP contribution in [0.1, 0.15) is 78.6 Å². The van der Waals surface area contributed by atoms with Crippen LogP contribution in [0, 0.1) is 0 Å². The molecule has 1 N–H and O–H groups in total. The zero-order valence-electron chi connectivity index (χ0n) is 25.5. The lowest BCUT2D eigenvalue weighted by Crippen LogP contribution is -2.56. The number of nitrogens with zero attached hydrogens (tertiary/aromatic N) is 2. The SMILES string of the molecule is COc1ccc2c3c([nH]c2c1)C(CO[Si](C)(C)C(C)(C)C)N(C(C)=O)CC31CCN(C(=O)OC(C)(C)C)CC1. The molecule has 8 nitrogen and oxygen atoms in total. The smallest absolute Gasteiger partial charge is 0.410 e. The minimum Gasteiger partial charge on any atom is -0.497 e. The molecule has 1 aromatic carbocycles. The summed E-state index contributed by atoms with van der Waals surface area (Å²) in [5.41, 5.74) is 2.48. The molecule has 2 aromatic rings. The number of H-pyrrole nitrogens is 1. The number of benzene rings is 1. The maximum absolute atomic E-state index is 13.2. The fourth-order valence-electron chi connectivity index (χ4n) is 5.68. The van der Waals surface area contributed by atoms with Crippen LogP contribution >= 0.6 is 0 Å². The Bertz CT molecular complexity index is 1230. The molecule has 4 rings (SSSR count). The van der Waals surface area contributed by atoms with Gasteiger partial charge in [0.15, 0.2) is 8.32 Å². The van der Waals surface area contributed by atoms with Crippen LogP contribution in [-0.4, -0.2) is 74.1 Å². The number of fused-ring (bicyclic) bond motifs is 4. The van der Waals surface area contributed by atoms with Crippen molar-refractivity contribution in [1.29, 1.82) is 0 Å². The van der Waals surface area contributed by atoms with Crippen LogP contribution in [0.2, 0.25) is 18.1 Å². The summed E-state index contributed by atoms with van der Waals surface area (Å²) in [6.07, 6.45) is 1.22. The number of rotatable bonds is 4. The predicted molar refractivity (Wildman–Crippen MR) is 157 cm³/mol. The molecule has 1 aromatic heterocycles. The molecule has 0 saturated carbocycles. The van der Waals surface area contributed by atoms with E-state index in [4.69, 9.17) is 13.9 Å². The molecule has 0 aliphatic carbocycles. The minimum absolute atomic E-state index is 0.0367. The van der Waals surface area contributed by atoms with E-state index in [0.29, 0.717) is 26.2 Å². The number of aromatic nitrogens is 1. The van der Waals surface area contributed by atoms with Crippen molar-refractivity contribution in [3.8, 4) is 5.75 Å². The van der Waals surface area contributed by atoms with Crippen molar-refractivity contribution in [2.24, 2.45) is 0 Å². The summed E-state index contributed by atoms with van der Waals surface area (Å²) in [5.74, 6) is 0.821. The molecule has 216 valence electrons. The van der Waals surface area contributed by atoms with Crippen molar-refractivity contribution < 1.29 is 23.5 Å². The van der Waals surface area contributed by atoms with Crippen LogP contribution in [0.4, 0.5) is 4.79 Å². The number of carbonyl (C=O) groups is 2. The van der Waals surface area contributed by atoms with E-state index in [2.05, 4.69) is 44.9 Å². The number of hydrogen-bond acceptors (Lipinski definition) is 5. The normalized spacial score (nSPS) is 19.8. The van der Waals surface area contributed by atoms with Gasteiger partial charge in [-0.2, -0.15) is 0 Å². The van der Waals surface area contributed by atoms with E-state index in [1.165, 1.54) is 5.56 Å². The van der Waals surface area contributed by atoms with Gasteiger partial charge in [0.2, 0.25) is 5.91 Å². The third-order valence-electron chi connectivity index (χ3n) is 8.93. The van der Waals surface area contributed by atoms with Gasteiger partial charge in [-0.05, 0) is 69.4 Å². The molecule has 39 heavy (non-hydrogen) atoms. The van der Waals surface area contributed by atoms with E-state index in [1.54, 1.807) is 18.9 Å². The van der Waals surface area contributed by atoms with E-state index < -0.39 is 13.9 Å². The summed E-state index contributed by atoms with van der Waals surface area (Å²) < 4.78 is 17.9. The van der Waals surface area contributed by atoms with Gasteiger partial charge in [-0.15, -0.1) is 0 Å². The molecule has 2 aliphatic heterocycles. The van der Waals surface area contributed by atoms with Crippen molar-refractivity contribution in [1.82, 2.24) is 14.8 Å². The number of piperidine rings is 1. The molecule has 3 heterocycles. The highest BCUT2D eigenvalue weighted by molar-refractivity contribution is 6.74. The first-order chi connectivity index (χ1) is 18.0. The summed E-state index contributed by atoms with van der Waals surface area (Å²) in [6, 6.07) is 5.94. The Labute approximate surface area is 234 Å². The number of nitrogens with one attached hydrogen (secondary N) is 1. The Morgan fingerprint density at radius 2 is 1.74 bits per heavy atom. The number of methoxy groups -OCH3 is 1. The Hall–Kier alpha value is -2.52. The van der Waals surface area contributed by atoms with Gasteiger partial charge < -0.3 is 28.7 Å². The molecule has 1 fully saturated rings. The van der Waals surface area contributed by atoms with Gasteiger partial charge >= 0.3 is 6.09 Å². The van der Waals surface area contributed by atoms with E-state index in [0.717, 1.165) is 35.2 Å². The van der Waals surface area contributed by atoms with Crippen LogP contribution in [-0.2, 0) is 19.4 Å².